The summed E-state index contributed by atoms with van der Waals surface area (Å²) in [7, 11) is 0. The van der Waals surface area contributed by atoms with Gasteiger partial charge in [0.25, 0.3) is 0 Å². The number of hydrogen-bond donors (Lipinski definition) is 0. The van der Waals surface area contributed by atoms with E-state index in [9.17, 15) is 8.78 Å². The first kappa shape index (κ1) is 28.5. The monoisotopic (exact) mass is 398 g/mol. The number of halogens is 2. The van der Waals surface area contributed by atoms with Crippen molar-refractivity contribution in [2.75, 3.05) is 0 Å². The van der Waals surface area contributed by atoms with Crippen molar-refractivity contribution in [2.24, 2.45) is 0 Å². The average Bonchev–Trinajstić information content (AvgIpc) is 2.64. The molecule has 0 aliphatic rings. The van der Waals surface area contributed by atoms with Crippen LogP contribution in [0.1, 0.15) is 70.6 Å². The van der Waals surface area contributed by atoms with Gasteiger partial charge >= 0.3 is 0 Å². The largest absolute Gasteiger partial charge is 0.207 e. The average molecular weight is 399 g/mol. The van der Waals surface area contributed by atoms with Crippen LogP contribution in [0.3, 0.4) is 0 Å². The van der Waals surface area contributed by atoms with E-state index in [1.165, 1.54) is 30.2 Å². The fourth-order valence-corrected chi connectivity index (χ4v) is 2.07. The highest BCUT2D eigenvalue weighted by Gasteiger charge is 2.10. The molecule has 0 atom stereocenters. The highest BCUT2D eigenvalue weighted by Crippen LogP contribution is 2.20. The van der Waals surface area contributed by atoms with E-state index in [2.05, 4.69) is 51.3 Å². The Bertz CT molecular complexity index is 754. The van der Waals surface area contributed by atoms with Crippen molar-refractivity contribution < 1.29 is 8.78 Å². The molecule has 29 heavy (non-hydrogen) atoms. The smallest absolute Gasteiger partial charge is 0.129 e. The van der Waals surface area contributed by atoms with Gasteiger partial charge < -0.3 is 0 Å². The minimum atomic E-state index is -0.458. The highest BCUT2D eigenvalue weighted by atomic mass is 19.1. The number of rotatable bonds is 2. The van der Waals surface area contributed by atoms with E-state index in [-0.39, 0.29) is 11.5 Å². The van der Waals surface area contributed by atoms with Gasteiger partial charge in [-0.2, -0.15) is 0 Å². The summed E-state index contributed by atoms with van der Waals surface area (Å²) < 4.78 is 25.7. The van der Waals surface area contributed by atoms with Crippen molar-refractivity contribution in [1.29, 1.82) is 0 Å². The van der Waals surface area contributed by atoms with Crippen LogP contribution in [0.2, 0.25) is 0 Å². The summed E-state index contributed by atoms with van der Waals surface area (Å²) in [5.41, 5.74) is 2.54. The molecule has 0 N–H and O–H groups in total. The molecule has 2 aromatic rings. The van der Waals surface area contributed by atoms with Crippen molar-refractivity contribution in [3.05, 3.63) is 95.6 Å². The topological polar surface area (TPSA) is 0 Å². The molecule has 0 saturated heterocycles. The van der Waals surface area contributed by atoms with Crippen molar-refractivity contribution >= 4 is 0 Å². The van der Waals surface area contributed by atoms with Gasteiger partial charge in [-0.15, -0.1) is 5.92 Å². The normalized spacial score (nSPS) is 9.03. The standard InChI is InChI=1S/C10H10.C9H10F2.C5H8.C3H8/c1-3-5-10-7-4-6-9(2)8-10;1-6(2)9-7(10)4-3-5-8(9)11;1-3-5-4-2;1-3-2/h4,6-8H,1-2H3;3-6H,1-2H3;3-5H,1H2,2H3;3H2,1-2H3/b;;5-4-;. The second-order valence-electron chi connectivity index (χ2n) is 6.50. The van der Waals surface area contributed by atoms with Crippen molar-refractivity contribution in [3.63, 3.8) is 0 Å². The summed E-state index contributed by atoms with van der Waals surface area (Å²) in [6, 6.07) is 12.1. The van der Waals surface area contributed by atoms with Crippen LogP contribution in [0, 0.1) is 30.4 Å². The third-order valence-corrected chi connectivity index (χ3v) is 3.19. The quantitative estimate of drug-likeness (QED) is 0.351. The Balaban J connectivity index is 0. The van der Waals surface area contributed by atoms with Crippen molar-refractivity contribution in [3.8, 4) is 11.8 Å². The summed E-state index contributed by atoms with van der Waals surface area (Å²) in [5, 5.41) is 0. The molecule has 2 aromatic carbocycles. The maximum Gasteiger partial charge on any atom is 0.129 e. The fourth-order valence-electron chi connectivity index (χ4n) is 2.07. The van der Waals surface area contributed by atoms with Crippen LogP contribution in [-0.4, -0.2) is 0 Å². The summed E-state index contributed by atoms with van der Waals surface area (Å²) in [5.74, 6) is 4.84. The predicted octanol–water partition coefficient (Wildman–Crippen LogP) is 8.62. The van der Waals surface area contributed by atoms with Gasteiger partial charge in [-0.25, -0.2) is 8.78 Å². The van der Waals surface area contributed by atoms with Gasteiger partial charge in [-0.05, 0) is 56.5 Å². The van der Waals surface area contributed by atoms with Crippen molar-refractivity contribution in [1.82, 2.24) is 0 Å². The van der Waals surface area contributed by atoms with Crippen LogP contribution in [0.25, 0.3) is 0 Å². The van der Waals surface area contributed by atoms with Gasteiger partial charge in [-0.3, -0.25) is 0 Å². The SMILES string of the molecule is C=C/C=C\C.CC#Cc1cccc(C)c1.CC(C)c1c(F)cccc1F.CCC. The van der Waals surface area contributed by atoms with Crippen LogP contribution >= 0.6 is 0 Å². The lowest BCUT2D eigenvalue weighted by molar-refractivity contribution is 0.542. The van der Waals surface area contributed by atoms with Crippen LogP contribution in [0.5, 0.6) is 0 Å². The van der Waals surface area contributed by atoms with E-state index < -0.39 is 11.6 Å². The molecule has 0 fully saturated rings. The third-order valence-electron chi connectivity index (χ3n) is 3.19. The zero-order valence-electron chi connectivity index (χ0n) is 19.0. The molecule has 0 bridgehead atoms. The molecule has 0 unspecified atom stereocenters. The van der Waals surface area contributed by atoms with Gasteiger partial charge in [0.2, 0.25) is 0 Å². The molecule has 0 spiro atoms. The van der Waals surface area contributed by atoms with Crippen LogP contribution in [0.15, 0.2) is 67.3 Å². The Morgan fingerprint density at radius 1 is 1.03 bits per heavy atom. The molecule has 158 valence electrons. The molecule has 0 aliphatic heterocycles. The molecule has 2 heteroatoms. The van der Waals surface area contributed by atoms with Crippen LogP contribution < -0.4 is 0 Å². The van der Waals surface area contributed by atoms with E-state index in [0.717, 1.165) is 5.56 Å². The minimum Gasteiger partial charge on any atom is -0.207 e. The minimum absolute atomic E-state index is 0.101. The Hall–Kier alpha value is -2.66. The zero-order chi connectivity index (χ0) is 22.7. The molecule has 0 amide bonds. The van der Waals surface area contributed by atoms with Gasteiger partial charge in [0.05, 0.1) is 0 Å². The number of benzene rings is 2. The number of aryl methyl sites for hydroxylation is 1. The highest BCUT2D eigenvalue weighted by molar-refractivity contribution is 5.36. The predicted molar refractivity (Wildman–Crippen MR) is 125 cm³/mol. The molecule has 0 aliphatic carbocycles. The number of hydrogen-bond acceptors (Lipinski definition) is 0. The molecule has 0 heterocycles. The summed E-state index contributed by atoms with van der Waals surface area (Å²) >= 11 is 0. The van der Waals surface area contributed by atoms with E-state index >= 15 is 0 Å². The third kappa shape index (κ3) is 15.0. The van der Waals surface area contributed by atoms with Crippen LogP contribution in [-0.2, 0) is 0 Å². The molecular weight excluding hydrogens is 362 g/mol. The Labute approximate surface area is 177 Å². The molecule has 2 rings (SSSR count). The Morgan fingerprint density at radius 2 is 1.55 bits per heavy atom. The Morgan fingerprint density at radius 3 is 1.86 bits per heavy atom. The fraction of sp³-hybridized carbons (Fsp3) is 0.333. The second kappa shape index (κ2) is 18.7. The molecule has 0 saturated carbocycles. The van der Waals surface area contributed by atoms with Gasteiger partial charge in [-0.1, -0.05) is 83.0 Å². The van der Waals surface area contributed by atoms with E-state index in [4.69, 9.17) is 0 Å². The Kier molecular flexibility index (Phi) is 18.4. The van der Waals surface area contributed by atoms with Crippen LogP contribution in [0.4, 0.5) is 8.78 Å². The molecule has 0 nitrogen and oxygen atoms in total. The summed E-state index contributed by atoms with van der Waals surface area (Å²) in [6.45, 7) is 17.1. The lowest BCUT2D eigenvalue weighted by atomic mass is 10.0. The number of allylic oxidation sites excluding steroid dienone is 3. The first-order valence-corrected chi connectivity index (χ1v) is 9.95. The zero-order valence-corrected chi connectivity index (χ0v) is 19.0. The van der Waals surface area contributed by atoms with E-state index in [1.807, 2.05) is 38.1 Å². The first-order chi connectivity index (χ1) is 13.8. The van der Waals surface area contributed by atoms with E-state index in [0.29, 0.717) is 0 Å². The summed E-state index contributed by atoms with van der Waals surface area (Å²) in [6.07, 6.45) is 6.83. The maximum absolute atomic E-state index is 12.9. The first-order valence-electron chi connectivity index (χ1n) is 9.95. The van der Waals surface area contributed by atoms with Gasteiger partial charge in [0, 0.05) is 11.1 Å². The molecule has 0 aromatic heterocycles. The second-order valence-corrected chi connectivity index (χ2v) is 6.50. The van der Waals surface area contributed by atoms with E-state index in [1.54, 1.807) is 19.9 Å². The molecule has 0 radical (unpaired) electrons. The van der Waals surface area contributed by atoms with Crippen molar-refractivity contribution in [2.45, 2.75) is 60.8 Å². The summed E-state index contributed by atoms with van der Waals surface area (Å²) in [4.78, 5) is 0. The molecular formula is C27H36F2. The van der Waals surface area contributed by atoms with Gasteiger partial charge in [0.15, 0.2) is 0 Å². The lowest BCUT2D eigenvalue weighted by Crippen LogP contribution is -1.96. The lowest BCUT2D eigenvalue weighted by Gasteiger charge is -2.06. The maximum atomic E-state index is 12.9. The van der Waals surface area contributed by atoms with Gasteiger partial charge in [0.1, 0.15) is 11.6 Å².